The van der Waals surface area contributed by atoms with Gasteiger partial charge in [0.05, 0.1) is 6.07 Å². The molecule has 0 saturated carbocycles. The summed E-state index contributed by atoms with van der Waals surface area (Å²) in [5.41, 5.74) is 0.890. The molecule has 0 bridgehead atoms. The number of rotatable bonds is 3. The first kappa shape index (κ1) is 8.50. The van der Waals surface area contributed by atoms with Crippen LogP contribution in [0.1, 0.15) is 0 Å². The standard InChI is InChI=1S/C10H7NO3/c12-7-13-10-6-9(14-11-10)8-4-2-1-3-5-8/h1-7H. The third kappa shape index (κ3) is 1.64. The number of aromatic nitrogens is 1. The highest BCUT2D eigenvalue weighted by molar-refractivity contribution is 5.58. The maximum atomic E-state index is 10.0. The normalized spacial score (nSPS) is 9.71. The van der Waals surface area contributed by atoms with Crippen LogP contribution in [0.4, 0.5) is 0 Å². The highest BCUT2D eigenvalue weighted by atomic mass is 16.6. The van der Waals surface area contributed by atoms with Gasteiger partial charge >= 0.3 is 0 Å². The molecule has 0 unspecified atom stereocenters. The van der Waals surface area contributed by atoms with Crippen LogP contribution in [0.2, 0.25) is 0 Å². The molecule has 2 rings (SSSR count). The van der Waals surface area contributed by atoms with Gasteiger partial charge in [0.1, 0.15) is 0 Å². The van der Waals surface area contributed by atoms with Crippen molar-refractivity contribution in [2.45, 2.75) is 0 Å². The Morgan fingerprint density at radius 2 is 2.07 bits per heavy atom. The minimum Gasteiger partial charge on any atom is -0.406 e. The summed E-state index contributed by atoms with van der Waals surface area (Å²) in [5, 5.41) is 3.55. The molecular weight excluding hydrogens is 182 g/mol. The van der Waals surface area contributed by atoms with Crippen LogP contribution in [0.15, 0.2) is 40.9 Å². The molecule has 0 saturated heterocycles. The molecule has 4 nitrogen and oxygen atoms in total. The Kier molecular flexibility index (Phi) is 2.27. The zero-order valence-electron chi connectivity index (χ0n) is 7.21. The average Bonchev–Trinajstić information content (AvgIpc) is 2.68. The molecule has 0 spiro atoms. The highest BCUT2D eigenvalue weighted by Crippen LogP contribution is 2.22. The first-order valence-electron chi connectivity index (χ1n) is 4.02. The molecule has 14 heavy (non-hydrogen) atoms. The number of carbonyl (C=O) groups is 1. The number of hydrogen-bond acceptors (Lipinski definition) is 4. The Hall–Kier alpha value is -2.10. The predicted octanol–water partition coefficient (Wildman–Crippen LogP) is 1.88. The predicted molar refractivity (Wildman–Crippen MR) is 48.6 cm³/mol. The zero-order chi connectivity index (χ0) is 9.80. The number of benzene rings is 1. The van der Waals surface area contributed by atoms with Crippen molar-refractivity contribution < 1.29 is 14.1 Å². The Labute approximate surface area is 80.1 Å². The fraction of sp³-hybridized carbons (Fsp3) is 0. The molecule has 0 radical (unpaired) electrons. The van der Waals surface area contributed by atoms with Crippen LogP contribution < -0.4 is 4.74 Å². The summed E-state index contributed by atoms with van der Waals surface area (Å²) < 4.78 is 9.49. The van der Waals surface area contributed by atoms with Crippen LogP contribution in [-0.2, 0) is 4.79 Å². The van der Waals surface area contributed by atoms with Gasteiger partial charge in [-0.1, -0.05) is 30.3 Å². The van der Waals surface area contributed by atoms with E-state index in [2.05, 4.69) is 9.89 Å². The van der Waals surface area contributed by atoms with E-state index >= 15 is 0 Å². The molecule has 0 fully saturated rings. The fourth-order valence-electron chi connectivity index (χ4n) is 1.10. The lowest BCUT2D eigenvalue weighted by molar-refractivity contribution is -0.121. The van der Waals surface area contributed by atoms with E-state index in [4.69, 9.17) is 4.52 Å². The lowest BCUT2D eigenvalue weighted by Gasteiger charge is -1.91. The van der Waals surface area contributed by atoms with Crippen LogP contribution >= 0.6 is 0 Å². The molecule has 1 heterocycles. The van der Waals surface area contributed by atoms with E-state index in [-0.39, 0.29) is 5.88 Å². The average molecular weight is 189 g/mol. The van der Waals surface area contributed by atoms with Crippen molar-refractivity contribution in [3.05, 3.63) is 36.4 Å². The van der Waals surface area contributed by atoms with Crippen LogP contribution in [-0.4, -0.2) is 11.6 Å². The molecular formula is C10H7NO3. The zero-order valence-corrected chi connectivity index (χ0v) is 7.21. The van der Waals surface area contributed by atoms with Gasteiger partial charge in [-0.15, -0.1) is 0 Å². The maximum Gasteiger partial charge on any atom is 0.299 e. The summed E-state index contributed by atoms with van der Waals surface area (Å²) in [6.07, 6.45) is 0. The minimum atomic E-state index is 0.166. The Balaban J connectivity index is 2.29. The monoisotopic (exact) mass is 189 g/mol. The van der Waals surface area contributed by atoms with Gasteiger partial charge in [-0.05, 0) is 5.16 Å². The minimum absolute atomic E-state index is 0.166. The van der Waals surface area contributed by atoms with Gasteiger partial charge in [-0.25, -0.2) is 0 Å². The largest absolute Gasteiger partial charge is 0.406 e. The topological polar surface area (TPSA) is 52.3 Å². The van der Waals surface area contributed by atoms with Crippen molar-refractivity contribution in [3.8, 4) is 17.2 Å². The second kappa shape index (κ2) is 3.74. The van der Waals surface area contributed by atoms with Crippen molar-refractivity contribution in [1.29, 1.82) is 0 Å². The van der Waals surface area contributed by atoms with Gasteiger partial charge in [0.15, 0.2) is 5.76 Å². The Bertz CT molecular complexity index is 422. The number of nitrogens with zero attached hydrogens (tertiary/aromatic N) is 1. The summed E-state index contributed by atoms with van der Waals surface area (Å²) >= 11 is 0. The molecule has 0 amide bonds. The van der Waals surface area contributed by atoms with Crippen molar-refractivity contribution in [1.82, 2.24) is 5.16 Å². The second-order valence-electron chi connectivity index (χ2n) is 2.61. The van der Waals surface area contributed by atoms with Gasteiger partial charge in [-0.2, -0.15) is 0 Å². The molecule has 0 aliphatic carbocycles. The lowest BCUT2D eigenvalue weighted by Crippen LogP contribution is -1.86. The van der Waals surface area contributed by atoms with E-state index in [0.29, 0.717) is 12.2 Å². The van der Waals surface area contributed by atoms with Gasteiger partial charge in [0, 0.05) is 5.56 Å². The van der Waals surface area contributed by atoms with Crippen LogP contribution in [0.3, 0.4) is 0 Å². The van der Waals surface area contributed by atoms with Gasteiger partial charge < -0.3 is 9.26 Å². The van der Waals surface area contributed by atoms with E-state index in [9.17, 15) is 4.79 Å². The maximum absolute atomic E-state index is 10.0. The van der Waals surface area contributed by atoms with E-state index in [1.807, 2.05) is 30.3 Å². The highest BCUT2D eigenvalue weighted by Gasteiger charge is 2.05. The van der Waals surface area contributed by atoms with Crippen LogP contribution in [0, 0.1) is 0 Å². The molecule has 70 valence electrons. The van der Waals surface area contributed by atoms with Gasteiger partial charge in [0.2, 0.25) is 0 Å². The van der Waals surface area contributed by atoms with Crippen LogP contribution in [0.5, 0.6) is 5.88 Å². The number of carbonyl (C=O) groups excluding carboxylic acids is 1. The van der Waals surface area contributed by atoms with Crippen molar-refractivity contribution in [2.75, 3.05) is 0 Å². The van der Waals surface area contributed by atoms with E-state index in [0.717, 1.165) is 5.56 Å². The summed E-state index contributed by atoms with van der Waals surface area (Å²) in [6.45, 7) is 0.312. The summed E-state index contributed by atoms with van der Waals surface area (Å²) in [4.78, 5) is 10.0. The molecule has 0 N–H and O–H groups in total. The second-order valence-corrected chi connectivity index (χ2v) is 2.61. The van der Waals surface area contributed by atoms with Gasteiger partial charge in [-0.3, -0.25) is 4.79 Å². The molecule has 1 aromatic heterocycles. The first-order chi connectivity index (χ1) is 6.90. The molecule has 0 aliphatic heterocycles. The molecule has 0 atom stereocenters. The first-order valence-corrected chi connectivity index (χ1v) is 4.02. The molecule has 4 heteroatoms. The van der Waals surface area contributed by atoms with Crippen molar-refractivity contribution in [3.63, 3.8) is 0 Å². The SMILES string of the molecule is O=COc1cc(-c2ccccc2)on1. The quantitative estimate of drug-likeness (QED) is 0.691. The smallest absolute Gasteiger partial charge is 0.299 e. The summed E-state index contributed by atoms with van der Waals surface area (Å²) in [7, 11) is 0. The van der Waals surface area contributed by atoms with Crippen LogP contribution in [0.25, 0.3) is 11.3 Å². The Morgan fingerprint density at radius 3 is 2.79 bits per heavy atom. The third-order valence-corrected chi connectivity index (χ3v) is 1.72. The van der Waals surface area contributed by atoms with E-state index < -0.39 is 0 Å². The third-order valence-electron chi connectivity index (χ3n) is 1.72. The van der Waals surface area contributed by atoms with Crippen molar-refractivity contribution >= 4 is 6.47 Å². The Morgan fingerprint density at radius 1 is 1.29 bits per heavy atom. The fourth-order valence-corrected chi connectivity index (χ4v) is 1.10. The molecule has 2 aromatic rings. The van der Waals surface area contributed by atoms with Gasteiger partial charge in [0.25, 0.3) is 12.4 Å². The molecule has 1 aromatic carbocycles. The van der Waals surface area contributed by atoms with E-state index in [1.54, 1.807) is 6.07 Å². The molecule has 0 aliphatic rings. The lowest BCUT2D eigenvalue weighted by atomic mass is 10.2. The summed E-state index contributed by atoms with van der Waals surface area (Å²) in [6, 6.07) is 11.0. The van der Waals surface area contributed by atoms with E-state index in [1.165, 1.54) is 0 Å². The number of hydrogen-bond donors (Lipinski definition) is 0. The number of ether oxygens (including phenoxy) is 1. The van der Waals surface area contributed by atoms with Crippen molar-refractivity contribution in [2.24, 2.45) is 0 Å². The summed E-state index contributed by atoms with van der Waals surface area (Å²) in [5.74, 6) is 0.737.